The van der Waals surface area contributed by atoms with Crippen LogP contribution in [0.3, 0.4) is 0 Å². The summed E-state index contributed by atoms with van der Waals surface area (Å²) in [5.41, 5.74) is 1.88. The van der Waals surface area contributed by atoms with Crippen LogP contribution in [0.25, 0.3) is 5.65 Å². The van der Waals surface area contributed by atoms with Gasteiger partial charge in [-0.1, -0.05) is 0 Å². The fourth-order valence-electron chi connectivity index (χ4n) is 2.57. The molecular weight excluding hydrogens is 421 g/mol. The molecule has 0 amide bonds. The number of aromatic nitrogens is 3. The first-order valence-electron chi connectivity index (χ1n) is 7.89. The van der Waals surface area contributed by atoms with Crippen molar-refractivity contribution < 1.29 is 4.74 Å². The van der Waals surface area contributed by atoms with Gasteiger partial charge in [-0.15, -0.1) is 24.0 Å². The number of nitrogens with zero attached hydrogens (tertiary/aromatic N) is 5. The second-order valence-electron chi connectivity index (χ2n) is 5.34. The number of nitrogens with one attached hydrogen (secondary N) is 2. The molecule has 1 fully saturated rings. The molecule has 1 saturated heterocycles. The van der Waals surface area contributed by atoms with Gasteiger partial charge in [-0.05, 0) is 6.07 Å². The number of halogens is 1. The van der Waals surface area contributed by atoms with Crippen molar-refractivity contribution in [3.8, 4) is 0 Å². The molecule has 9 heteroatoms. The lowest BCUT2D eigenvalue weighted by atomic mass is 10.4. The maximum Gasteiger partial charge on any atom is 0.191 e. The number of aliphatic imine (C=N–C) groups is 1. The van der Waals surface area contributed by atoms with E-state index in [4.69, 9.17) is 4.74 Å². The molecule has 0 atom stereocenters. The Morgan fingerprint density at radius 1 is 1.25 bits per heavy atom. The molecule has 132 valence electrons. The van der Waals surface area contributed by atoms with Crippen LogP contribution in [0.2, 0.25) is 0 Å². The summed E-state index contributed by atoms with van der Waals surface area (Å²) in [7, 11) is 1.78. The summed E-state index contributed by atoms with van der Waals surface area (Å²) in [6.45, 7) is 6.14. The van der Waals surface area contributed by atoms with E-state index in [2.05, 4.69) is 30.6 Å². The van der Waals surface area contributed by atoms with Crippen LogP contribution in [0, 0.1) is 0 Å². The molecule has 0 bridgehead atoms. The molecule has 0 radical (unpaired) electrons. The molecule has 3 heterocycles. The molecule has 0 unspecified atom stereocenters. The van der Waals surface area contributed by atoms with E-state index in [-0.39, 0.29) is 24.0 Å². The highest BCUT2D eigenvalue weighted by molar-refractivity contribution is 14.0. The molecule has 3 rings (SSSR count). The third-order valence-corrected chi connectivity index (χ3v) is 3.85. The third-order valence-electron chi connectivity index (χ3n) is 3.85. The van der Waals surface area contributed by atoms with E-state index in [0.29, 0.717) is 6.54 Å². The largest absolute Gasteiger partial charge is 0.379 e. The van der Waals surface area contributed by atoms with E-state index >= 15 is 0 Å². The molecule has 0 aromatic carbocycles. The van der Waals surface area contributed by atoms with E-state index in [1.165, 1.54) is 0 Å². The quantitative estimate of drug-likeness (QED) is 0.393. The Bertz CT molecular complexity index is 654. The van der Waals surface area contributed by atoms with Gasteiger partial charge in [0.2, 0.25) is 0 Å². The predicted octanol–water partition coefficient (Wildman–Crippen LogP) is 0.345. The SMILES string of the molecule is CN=C(NCCN1CCOCC1)NCc1ccnc2ccnn12.I. The van der Waals surface area contributed by atoms with E-state index in [1.807, 2.05) is 16.6 Å². The number of rotatable bonds is 5. The van der Waals surface area contributed by atoms with Gasteiger partial charge in [0.25, 0.3) is 0 Å². The summed E-state index contributed by atoms with van der Waals surface area (Å²) < 4.78 is 7.18. The number of hydrogen-bond acceptors (Lipinski definition) is 5. The smallest absolute Gasteiger partial charge is 0.191 e. The Kier molecular flexibility index (Phi) is 7.66. The first-order valence-corrected chi connectivity index (χ1v) is 7.89. The number of morpholine rings is 1. The normalized spacial score (nSPS) is 16.0. The van der Waals surface area contributed by atoms with Crippen molar-refractivity contribution in [1.82, 2.24) is 30.1 Å². The second kappa shape index (κ2) is 9.74. The van der Waals surface area contributed by atoms with Gasteiger partial charge in [-0.25, -0.2) is 9.50 Å². The van der Waals surface area contributed by atoms with Crippen LogP contribution in [0.4, 0.5) is 0 Å². The molecule has 2 N–H and O–H groups in total. The van der Waals surface area contributed by atoms with Gasteiger partial charge in [-0.3, -0.25) is 9.89 Å². The molecule has 1 aliphatic rings. The average Bonchev–Trinajstić information content (AvgIpc) is 3.08. The fourth-order valence-corrected chi connectivity index (χ4v) is 2.57. The summed E-state index contributed by atoms with van der Waals surface area (Å²) in [4.78, 5) is 10.9. The monoisotopic (exact) mass is 445 g/mol. The molecule has 0 saturated carbocycles. The Balaban J connectivity index is 0.00000208. The van der Waals surface area contributed by atoms with Crippen molar-refractivity contribution in [2.45, 2.75) is 6.54 Å². The Morgan fingerprint density at radius 2 is 2.08 bits per heavy atom. The zero-order valence-electron chi connectivity index (χ0n) is 13.8. The minimum Gasteiger partial charge on any atom is -0.379 e. The molecule has 2 aromatic rings. The van der Waals surface area contributed by atoms with Gasteiger partial charge in [0.15, 0.2) is 11.6 Å². The van der Waals surface area contributed by atoms with Crippen molar-refractivity contribution in [3.05, 3.63) is 30.2 Å². The molecule has 0 aliphatic carbocycles. The predicted molar refractivity (Wildman–Crippen MR) is 104 cm³/mol. The average molecular weight is 445 g/mol. The van der Waals surface area contributed by atoms with Gasteiger partial charge in [0, 0.05) is 45.5 Å². The molecule has 0 spiro atoms. The fraction of sp³-hybridized carbons (Fsp3) is 0.533. The minimum atomic E-state index is 0. The number of fused-ring (bicyclic) bond motifs is 1. The van der Waals surface area contributed by atoms with Crippen LogP contribution >= 0.6 is 24.0 Å². The van der Waals surface area contributed by atoms with Gasteiger partial charge in [-0.2, -0.15) is 5.10 Å². The lowest BCUT2D eigenvalue weighted by Crippen LogP contribution is -2.44. The van der Waals surface area contributed by atoms with Crippen LogP contribution in [-0.4, -0.2) is 71.9 Å². The second-order valence-corrected chi connectivity index (χ2v) is 5.34. The van der Waals surface area contributed by atoms with Gasteiger partial charge < -0.3 is 15.4 Å². The summed E-state index contributed by atoms with van der Waals surface area (Å²) in [5, 5.41) is 10.9. The highest BCUT2D eigenvalue weighted by Gasteiger charge is 2.09. The van der Waals surface area contributed by atoms with E-state index in [1.54, 1.807) is 19.4 Å². The van der Waals surface area contributed by atoms with Crippen molar-refractivity contribution in [1.29, 1.82) is 0 Å². The molecule has 1 aliphatic heterocycles. The third kappa shape index (κ3) is 5.02. The standard InChI is InChI=1S/C15H23N7O.HI/c1-16-15(18-6-7-21-8-10-23-11-9-21)19-12-13-2-4-17-14-3-5-20-22(13)14;/h2-5H,6-12H2,1H3,(H2,16,18,19);1H. The zero-order chi connectivity index (χ0) is 15.9. The van der Waals surface area contributed by atoms with Crippen LogP contribution in [0.5, 0.6) is 0 Å². The Morgan fingerprint density at radius 3 is 2.88 bits per heavy atom. The Hall–Kier alpha value is -1.46. The van der Waals surface area contributed by atoms with E-state index in [0.717, 1.165) is 56.7 Å². The number of ether oxygens (including phenoxy) is 1. The number of guanidine groups is 1. The van der Waals surface area contributed by atoms with E-state index in [9.17, 15) is 0 Å². The van der Waals surface area contributed by atoms with Crippen LogP contribution in [0.15, 0.2) is 29.5 Å². The van der Waals surface area contributed by atoms with Crippen molar-refractivity contribution in [2.75, 3.05) is 46.4 Å². The lowest BCUT2D eigenvalue weighted by molar-refractivity contribution is 0.0389. The summed E-state index contributed by atoms with van der Waals surface area (Å²) >= 11 is 0. The van der Waals surface area contributed by atoms with Gasteiger partial charge >= 0.3 is 0 Å². The number of hydrogen-bond donors (Lipinski definition) is 2. The first-order chi connectivity index (χ1) is 11.4. The maximum absolute atomic E-state index is 5.35. The topological polar surface area (TPSA) is 79.1 Å². The molecular formula is C15H24IN7O. The van der Waals surface area contributed by atoms with Crippen LogP contribution < -0.4 is 10.6 Å². The van der Waals surface area contributed by atoms with Crippen molar-refractivity contribution in [3.63, 3.8) is 0 Å². The zero-order valence-corrected chi connectivity index (χ0v) is 16.1. The van der Waals surface area contributed by atoms with Crippen molar-refractivity contribution >= 4 is 35.6 Å². The maximum atomic E-state index is 5.35. The van der Waals surface area contributed by atoms with Crippen LogP contribution in [0.1, 0.15) is 5.69 Å². The van der Waals surface area contributed by atoms with Gasteiger partial charge in [0.1, 0.15) is 0 Å². The molecule has 24 heavy (non-hydrogen) atoms. The minimum absolute atomic E-state index is 0. The van der Waals surface area contributed by atoms with Crippen molar-refractivity contribution in [2.24, 2.45) is 4.99 Å². The Labute approximate surface area is 158 Å². The summed E-state index contributed by atoms with van der Waals surface area (Å²) in [6.07, 6.45) is 3.55. The highest BCUT2D eigenvalue weighted by Crippen LogP contribution is 2.02. The first kappa shape index (κ1) is 18.9. The lowest BCUT2D eigenvalue weighted by Gasteiger charge is -2.26. The van der Waals surface area contributed by atoms with Crippen LogP contribution in [-0.2, 0) is 11.3 Å². The summed E-state index contributed by atoms with van der Waals surface area (Å²) in [5.74, 6) is 0.787. The molecule has 2 aromatic heterocycles. The summed E-state index contributed by atoms with van der Waals surface area (Å²) in [6, 6.07) is 3.84. The molecule has 8 nitrogen and oxygen atoms in total. The van der Waals surface area contributed by atoms with Gasteiger partial charge in [0.05, 0.1) is 31.6 Å². The van der Waals surface area contributed by atoms with E-state index < -0.39 is 0 Å². The highest BCUT2D eigenvalue weighted by atomic mass is 127.